The molecular weight excluding hydrogens is 334 g/mol. The van der Waals surface area contributed by atoms with Crippen molar-refractivity contribution in [1.82, 2.24) is 9.80 Å². The quantitative estimate of drug-likeness (QED) is 0.694. The van der Waals surface area contributed by atoms with Crippen molar-refractivity contribution >= 4 is 17.7 Å². The molecule has 0 unspecified atom stereocenters. The van der Waals surface area contributed by atoms with Crippen LogP contribution in [0.25, 0.3) is 0 Å². The van der Waals surface area contributed by atoms with E-state index in [9.17, 15) is 9.59 Å². The van der Waals surface area contributed by atoms with Crippen LogP contribution in [-0.2, 0) is 9.47 Å². The van der Waals surface area contributed by atoms with Crippen LogP contribution in [0.15, 0.2) is 24.3 Å². The monoisotopic (exact) mass is 361 g/mol. The Kier molecular flexibility index (Phi) is 6.46. The van der Waals surface area contributed by atoms with E-state index in [4.69, 9.17) is 9.47 Å². The maximum absolute atomic E-state index is 12.6. The number of urea groups is 1. The van der Waals surface area contributed by atoms with Gasteiger partial charge in [0.25, 0.3) is 0 Å². The number of amides is 2. The van der Waals surface area contributed by atoms with E-state index in [0.29, 0.717) is 18.7 Å². The highest BCUT2D eigenvalue weighted by Crippen LogP contribution is 2.21. The number of anilines is 1. The molecule has 0 bridgehead atoms. The number of benzene rings is 1. The van der Waals surface area contributed by atoms with Crippen LogP contribution < -0.4 is 4.90 Å². The van der Waals surface area contributed by atoms with E-state index in [1.165, 1.54) is 0 Å². The summed E-state index contributed by atoms with van der Waals surface area (Å²) in [6.07, 6.45) is 0.974. The number of morpholine rings is 1. The van der Waals surface area contributed by atoms with Crippen molar-refractivity contribution in [2.75, 3.05) is 64.0 Å². The van der Waals surface area contributed by atoms with Gasteiger partial charge in [0.05, 0.1) is 25.4 Å². The van der Waals surface area contributed by atoms with Gasteiger partial charge in [0, 0.05) is 45.0 Å². The Morgan fingerprint density at radius 3 is 2.50 bits per heavy atom. The van der Waals surface area contributed by atoms with Gasteiger partial charge in [-0.15, -0.1) is 0 Å². The van der Waals surface area contributed by atoms with E-state index >= 15 is 0 Å². The summed E-state index contributed by atoms with van der Waals surface area (Å²) < 4.78 is 10.3. The Balaban J connectivity index is 1.49. The van der Waals surface area contributed by atoms with Crippen molar-refractivity contribution in [3.05, 3.63) is 29.8 Å². The van der Waals surface area contributed by atoms with Gasteiger partial charge in [0.1, 0.15) is 0 Å². The fourth-order valence-electron chi connectivity index (χ4n) is 3.33. The molecule has 0 aliphatic carbocycles. The largest absolute Gasteiger partial charge is 0.462 e. The van der Waals surface area contributed by atoms with Crippen molar-refractivity contribution in [2.24, 2.45) is 0 Å². The second-order valence-electron chi connectivity index (χ2n) is 6.50. The maximum atomic E-state index is 12.6. The third-order valence-corrected chi connectivity index (χ3v) is 4.79. The zero-order valence-corrected chi connectivity index (χ0v) is 15.4. The lowest BCUT2D eigenvalue weighted by Gasteiger charge is -2.27. The second kappa shape index (κ2) is 9.00. The number of ether oxygens (including phenoxy) is 2. The van der Waals surface area contributed by atoms with Crippen LogP contribution in [0, 0.1) is 0 Å². The van der Waals surface area contributed by atoms with E-state index < -0.39 is 0 Å². The van der Waals surface area contributed by atoms with Crippen LogP contribution in [0.5, 0.6) is 0 Å². The first kappa shape index (κ1) is 18.7. The first-order chi connectivity index (χ1) is 12.7. The van der Waals surface area contributed by atoms with Gasteiger partial charge >= 0.3 is 12.0 Å². The Morgan fingerprint density at radius 1 is 1.08 bits per heavy atom. The lowest BCUT2D eigenvalue weighted by Crippen LogP contribution is -2.39. The summed E-state index contributed by atoms with van der Waals surface area (Å²) in [5.41, 5.74) is 1.32. The van der Waals surface area contributed by atoms with Crippen LogP contribution >= 0.6 is 0 Å². The van der Waals surface area contributed by atoms with Crippen LogP contribution in [0.3, 0.4) is 0 Å². The molecule has 0 radical (unpaired) electrons. The molecule has 2 aliphatic heterocycles. The second-order valence-corrected chi connectivity index (χ2v) is 6.50. The predicted molar refractivity (Wildman–Crippen MR) is 98.6 cm³/mol. The van der Waals surface area contributed by atoms with Crippen molar-refractivity contribution in [2.45, 2.75) is 13.3 Å². The van der Waals surface area contributed by atoms with E-state index in [0.717, 1.165) is 58.0 Å². The molecule has 2 heterocycles. The van der Waals surface area contributed by atoms with Gasteiger partial charge in [0.2, 0.25) is 0 Å². The molecule has 7 nitrogen and oxygen atoms in total. The fourth-order valence-corrected chi connectivity index (χ4v) is 3.33. The molecule has 2 amide bonds. The van der Waals surface area contributed by atoms with Crippen LogP contribution in [0.1, 0.15) is 23.7 Å². The molecule has 0 spiro atoms. The topological polar surface area (TPSA) is 62.3 Å². The van der Waals surface area contributed by atoms with Crippen molar-refractivity contribution < 1.29 is 19.1 Å². The molecule has 0 saturated carbocycles. The maximum Gasteiger partial charge on any atom is 0.338 e. The van der Waals surface area contributed by atoms with Crippen LogP contribution in [-0.4, -0.2) is 80.9 Å². The van der Waals surface area contributed by atoms with E-state index in [2.05, 4.69) is 4.90 Å². The summed E-state index contributed by atoms with van der Waals surface area (Å²) in [7, 11) is 0. The molecule has 2 saturated heterocycles. The molecule has 26 heavy (non-hydrogen) atoms. The lowest BCUT2D eigenvalue weighted by molar-refractivity contribution is 0.0367. The number of nitrogens with zero attached hydrogens (tertiary/aromatic N) is 3. The summed E-state index contributed by atoms with van der Waals surface area (Å²) in [6, 6.07) is 7.07. The van der Waals surface area contributed by atoms with E-state index in [-0.39, 0.29) is 12.0 Å². The minimum Gasteiger partial charge on any atom is -0.462 e. The Hall–Kier alpha value is -2.12. The van der Waals surface area contributed by atoms with Crippen LogP contribution in [0.2, 0.25) is 0 Å². The highest BCUT2D eigenvalue weighted by Gasteiger charge is 2.29. The summed E-state index contributed by atoms with van der Waals surface area (Å²) in [5.74, 6) is -0.337. The van der Waals surface area contributed by atoms with Gasteiger partial charge in [-0.3, -0.25) is 9.80 Å². The highest BCUT2D eigenvalue weighted by molar-refractivity contribution is 5.95. The Bertz CT molecular complexity index is 614. The predicted octanol–water partition coefficient (Wildman–Crippen LogP) is 1.83. The van der Waals surface area contributed by atoms with E-state index in [1.807, 2.05) is 4.90 Å². The van der Waals surface area contributed by atoms with Gasteiger partial charge in [-0.1, -0.05) is 0 Å². The summed E-state index contributed by atoms with van der Waals surface area (Å²) in [4.78, 5) is 30.4. The van der Waals surface area contributed by atoms with Gasteiger partial charge in [-0.05, 0) is 37.6 Å². The number of hydrogen-bond acceptors (Lipinski definition) is 5. The molecule has 0 N–H and O–H groups in total. The molecule has 0 atom stereocenters. The highest BCUT2D eigenvalue weighted by atomic mass is 16.5. The van der Waals surface area contributed by atoms with E-state index in [1.54, 1.807) is 36.1 Å². The number of carbonyl (C=O) groups excluding carboxylic acids is 2. The van der Waals surface area contributed by atoms with Gasteiger partial charge in [-0.25, -0.2) is 9.59 Å². The lowest BCUT2D eigenvalue weighted by atomic mass is 10.2. The Labute approximate surface area is 154 Å². The number of carbonyl (C=O) groups is 2. The SMILES string of the molecule is CCOC(=O)c1ccc(N2CCN(CCCN3CCOCC3)C2=O)cc1. The summed E-state index contributed by atoms with van der Waals surface area (Å²) >= 11 is 0. The van der Waals surface area contributed by atoms with Gasteiger partial charge in [-0.2, -0.15) is 0 Å². The minimum atomic E-state index is -0.337. The minimum absolute atomic E-state index is 0.0378. The molecule has 1 aromatic carbocycles. The van der Waals surface area contributed by atoms with Crippen molar-refractivity contribution in [1.29, 1.82) is 0 Å². The Morgan fingerprint density at radius 2 is 1.81 bits per heavy atom. The number of hydrogen-bond donors (Lipinski definition) is 0. The molecule has 3 rings (SSSR count). The average molecular weight is 361 g/mol. The average Bonchev–Trinajstić information content (AvgIpc) is 3.04. The molecule has 2 fully saturated rings. The molecule has 7 heteroatoms. The molecule has 142 valence electrons. The van der Waals surface area contributed by atoms with Crippen LogP contribution in [0.4, 0.5) is 10.5 Å². The van der Waals surface area contributed by atoms with Crippen molar-refractivity contribution in [3.8, 4) is 0 Å². The number of esters is 1. The molecule has 2 aliphatic rings. The fraction of sp³-hybridized carbons (Fsp3) is 0.579. The zero-order chi connectivity index (χ0) is 18.4. The summed E-state index contributed by atoms with van der Waals surface area (Å²) in [6.45, 7) is 8.88. The number of rotatable bonds is 7. The van der Waals surface area contributed by atoms with Gasteiger partial charge in [0.15, 0.2) is 0 Å². The first-order valence-electron chi connectivity index (χ1n) is 9.33. The molecule has 1 aromatic rings. The molecular formula is C19H27N3O4. The van der Waals surface area contributed by atoms with Gasteiger partial charge < -0.3 is 14.4 Å². The molecule has 0 aromatic heterocycles. The third-order valence-electron chi connectivity index (χ3n) is 4.79. The zero-order valence-electron chi connectivity index (χ0n) is 15.4. The standard InChI is InChI=1S/C19H27N3O4/c1-2-26-18(23)16-4-6-17(7-5-16)22-11-10-21(19(22)24)9-3-8-20-12-14-25-15-13-20/h4-7H,2-3,8-15H2,1H3. The first-order valence-corrected chi connectivity index (χ1v) is 9.33. The smallest absolute Gasteiger partial charge is 0.338 e. The third kappa shape index (κ3) is 4.53. The van der Waals surface area contributed by atoms with Crippen molar-refractivity contribution in [3.63, 3.8) is 0 Å². The summed E-state index contributed by atoms with van der Waals surface area (Å²) in [5, 5.41) is 0. The normalized spacial score (nSPS) is 18.4.